The second-order valence-corrected chi connectivity index (χ2v) is 6.01. The summed E-state index contributed by atoms with van der Waals surface area (Å²) in [6.07, 6.45) is 1.06. The third-order valence-corrected chi connectivity index (χ3v) is 3.47. The molecule has 0 unspecified atom stereocenters. The van der Waals surface area contributed by atoms with E-state index in [1.165, 1.54) is 0 Å². The minimum atomic E-state index is -0.167. The van der Waals surface area contributed by atoms with Crippen LogP contribution in [0.3, 0.4) is 0 Å². The Morgan fingerprint density at radius 1 is 1.17 bits per heavy atom. The van der Waals surface area contributed by atoms with Crippen LogP contribution in [0.2, 0.25) is 5.02 Å². The molecule has 0 fully saturated rings. The topological polar surface area (TPSA) is 65.5 Å². The Morgan fingerprint density at radius 2 is 1.83 bits per heavy atom. The van der Waals surface area contributed by atoms with E-state index in [1.807, 2.05) is 6.92 Å². The van der Waals surface area contributed by atoms with Crippen molar-refractivity contribution in [1.29, 1.82) is 0 Å². The molecule has 0 aliphatic carbocycles. The van der Waals surface area contributed by atoms with Crippen molar-refractivity contribution in [2.75, 3.05) is 26.2 Å². The van der Waals surface area contributed by atoms with Gasteiger partial charge >= 0.3 is 0 Å². The summed E-state index contributed by atoms with van der Waals surface area (Å²) in [7, 11) is 0. The Labute approximate surface area is 167 Å². The van der Waals surface area contributed by atoms with Crippen molar-refractivity contribution in [2.24, 2.45) is 10.9 Å². The first-order chi connectivity index (χ1) is 11.0. The molecule has 0 radical (unpaired) electrons. The molecule has 0 atom stereocenters. The summed E-state index contributed by atoms with van der Waals surface area (Å²) in [5, 5.41) is 9.70. The van der Waals surface area contributed by atoms with Crippen molar-refractivity contribution in [2.45, 2.75) is 27.2 Å². The number of hydrogen-bond donors (Lipinski definition) is 3. The van der Waals surface area contributed by atoms with Crippen LogP contribution in [0.15, 0.2) is 29.3 Å². The summed E-state index contributed by atoms with van der Waals surface area (Å²) in [6, 6.07) is 7.02. The lowest BCUT2D eigenvalue weighted by molar-refractivity contribution is 0.0954. The summed E-state index contributed by atoms with van der Waals surface area (Å²) in [5.41, 5.74) is 0.492. The fourth-order valence-electron chi connectivity index (χ4n) is 1.87. The summed E-state index contributed by atoms with van der Waals surface area (Å²) < 4.78 is 0. The summed E-state index contributed by atoms with van der Waals surface area (Å²) >= 11 is 6.00. The molecule has 7 heteroatoms. The molecule has 1 aromatic rings. The van der Waals surface area contributed by atoms with Gasteiger partial charge in [0.05, 0.1) is 10.6 Å². The maximum absolute atomic E-state index is 12.0. The number of rotatable bonds is 8. The highest BCUT2D eigenvalue weighted by Crippen LogP contribution is 2.14. The Balaban J connectivity index is 0.00000529. The summed E-state index contributed by atoms with van der Waals surface area (Å²) in [6.45, 7) is 9.08. The lowest BCUT2D eigenvalue weighted by Crippen LogP contribution is -2.41. The quantitative estimate of drug-likeness (QED) is 0.238. The number of aliphatic imine (C=N–C) groups is 1. The highest BCUT2D eigenvalue weighted by atomic mass is 127. The minimum Gasteiger partial charge on any atom is -0.357 e. The van der Waals surface area contributed by atoms with E-state index in [0.717, 1.165) is 25.5 Å². The molecular weight excluding hydrogens is 439 g/mol. The number of nitrogens with one attached hydrogen (secondary N) is 3. The molecule has 136 valence electrons. The van der Waals surface area contributed by atoms with Gasteiger partial charge in [-0.05, 0) is 31.4 Å². The number of nitrogens with zero attached hydrogens (tertiary/aromatic N) is 1. The molecule has 0 aromatic heterocycles. The van der Waals surface area contributed by atoms with Gasteiger partial charge in [0.2, 0.25) is 0 Å². The third kappa shape index (κ3) is 9.32. The maximum atomic E-state index is 12.0. The lowest BCUT2D eigenvalue weighted by atomic mass is 10.1. The molecule has 0 saturated heterocycles. The molecule has 3 N–H and O–H groups in total. The number of halogens is 2. The number of benzene rings is 1. The van der Waals surface area contributed by atoms with Crippen molar-refractivity contribution in [3.8, 4) is 0 Å². The van der Waals surface area contributed by atoms with Crippen molar-refractivity contribution in [3.63, 3.8) is 0 Å². The summed E-state index contributed by atoms with van der Waals surface area (Å²) in [5.74, 6) is 1.25. The monoisotopic (exact) mass is 466 g/mol. The van der Waals surface area contributed by atoms with Crippen molar-refractivity contribution < 1.29 is 4.79 Å². The van der Waals surface area contributed by atoms with Crippen LogP contribution in [0, 0.1) is 5.92 Å². The molecule has 0 aliphatic heterocycles. The molecule has 0 aliphatic rings. The van der Waals surface area contributed by atoms with Crippen LogP contribution in [-0.2, 0) is 0 Å². The Morgan fingerprint density at radius 3 is 2.46 bits per heavy atom. The van der Waals surface area contributed by atoms with E-state index in [4.69, 9.17) is 11.6 Å². The smallest absolute Gasteiger partial charge is 0.252 e. The van der Waals surface area contributed by atoms with Gasteiger partial charge in [-0.1, -0.05) is 37.6 Å². The van der Waals surface area contributed by atoms with Crippen molar-refractivity contribution >= 4 is 47.4 Å². The zero-order valence-electron chi connectivity index (χ0n) is 14.6. The van der Waals surface area contributed by atoms with Gasteiger partial charge in [-0.15, -0.1) is 24.0 Å². The van der Waals surface area contributed by atoms with Crippen LogP contribution in [-0.4, -0.2) is 38.0 Å². The van der Waals surface area contributed by atoms with Gasteiger partial charge in [-0.2, -0.15) is 0 Å². The van der Waals surface area contributed by atoms with E-state index < -0.39 is 0 Å². The number of amides is 1. The van der Waals surface area contributed by atoms with E-state index in [9.17, 15) is 4.79 Å². The Kier molecular flexibility index (Phi) is 12.7. The van der Waals surface area contributed by atoms with E-state index >= 15 is 0 Å². The number of carbonyl (C=O) groups is 1. The standard InChI is InChI=1S/C17H27ClN4O.HI/c1-4-19-17(21-10-9-13(2)3)22-12-11-20-16(23)14-7-5-6-8-15(14)18;/h5-8,13H,4,9-12H2,1-3H3,(H,20,23)(H2,19,21,22);1H. The van der Waals surface area contributed by atoms with Crippen LogP contribution >= 0.6 is 35.6 Å². The van der Waals surface area contributed by atoms with Gasteiger partial charge in [0.15, 0.2) is 5.96 Å². The average molecular weight is 467 g/mol. The Bertz CT molecular complexity index is 523. The molecular formula is C17H28ClIN4O. The fourth-order valence-corrected chi connectivity index (χ4v) is 2.10. The molecule has 5 nitrogen and oxygen atoms in total. The van der Waals surface area contributed by atoms with Gasteiger partial charge in [-0.3, -0.25) is 9.79 Å². The van der Waals surface area contributed by atoms with Gasteiger partial charge in [-0.25, -0.2) is 0 Å². The second-order valence-electron chi connectivity index (χ2n) is 5.61. The van der Waals surface area contributed by atoms with Crippen LogP contribution in [0.1, 0.15) is 37.6 Å². The van der Waals surface area contributed by atoms with Gasteiger partial charge in [0.25, 0.3) is 5.91 Å². The molecule has 0 bridgehead atoms. The van der Waals surface area contributed by atoms with Crippen molar-refractivity contribution in [1.82, 2.24) is 16.0 Å². The van der Waals surface area contributed by atoms with Gasteiger partial charge in [0, 0.05) is 26.2 Å². The van der Waals surface area contributed by atoms with Crippen LogP contribution in [0.25, 0.3) is 0 Å². The molecule has 0 spiro atoms. The van der Waals surface area contributed by atoms with E-state index in [2.05, 4.69) is 34.8 Å². The van der Waals surface area contributed by atoms with E-state index in [1.54, 1.807) is 24.3 Å². The zero-order chi connectivity index (χ0) is 17.1. The van der Waals surface area contributed by atoms with Crippen LogP contribution in [0.5, 0.6) is 0 Å². The number of carbonyl (C=O) groups excluding carboxylic acids is 1. The lowest BCUT2D eigenvalue weighted by Gasteiger charge is -2.12. The Hall–Kier alpha value is -1.02. The normalized spacial score (nSPS) is 11.0. The first-order valence-corrected chi connectivity index (χ1v) is 8.47. The number of guanidine groups is 1. The molecule has 0 saturated carbocycles. The molecule has 1 amide bonds. The first-order valence-electron chi connectivity index (χ1n) is 8.09. The molecule has 1 aromatic carbocycles. The predicted molar refractivity (Wildman–Crippen MR) is 113 cm³/mol. The van der Waals surface area contributed by atoms with Crippen LogP contribution < -0.4 is 16.0 Å². The third-order valence-electron chi connectivity index (χ3n) is 3.14. The van der Waals surface area contributed by atoms with Crippen molar-refractivity contribution in [3.05, 3.63) is 34.9 Å². The molecule has 0 heterocycles. The summed E-state index contributed by atoms with van der Waals surface area (Å²) in [4.78, 5) is 16.5. The van der Waals surface area contributed by atoms with E-state index in [-0.39, 0.29) is 29.9 Å². The predicted octanol–water partition coefficient (Wildman–Crippen LogP) is 3.29. The highest BCUT2D eigenvalue weighted by molar-refractivity contribution is 14.0. The highest BCUT2D eigenvalue weighted by Gasteiger charge is 2.08. The SMILES string of the molecule is CCNC(=NCCC(C)C)NCCNC(=O)c1ccccc1Cl.I. The first kappa shape index (κ1) is 23.0. The molecule has 1 rings (SSSR count). The largest absolute Gasteiger partial charge is 0.357 e. The fraction of sp³-hybridized carbons (Fsp3) is 0.529. The van der Waals surface area contributed by atoms with E-state index in [0.29, 0.717) is 29.6 Å². The average Bonchev–Trinajstić information content (AvgIpc) is 2.51. The van der Waals surface area contributed by atoms with Gasteiger partial charge in [0.1, 0.15) is 0 Å². The van der Waals surface area contributed by atoms with Crippen LogP contribution in [0.4, 0.5) is 0 Å². The second kappa shape index (κ2) is 13.3. The number of hydrogen-bond acceptors (Lipinski definition) is 2. The zero-order valence-corrected chi connectivity index (χ0v) is 17.7. The molecule has 24 heavy (non-hydrogen) atoms. The maximum Gasteiger partial charge on any atom is 0.252 e. The minimum absolute atomic E-state index is 0. The van der Waals surface area contributed by atoms with Gasteiger partial charge < -0.3 is 16.0 Å².